The third-order valence-corrected chi connectivity index (χ3v) is 7.45. The number of anilines is 3. The SMILES string of the molecule is c1ccc(-c2ccc(NCCCN(c3ccc(-c4ccccc4)cc3)c3ccc(-c4ccccc4)cc3)cc2)cc1. The molecule has 0 heterocycles. The van der Waals surface area contributed by atoms with Gasteiger partial charge >= 0.3 is 0 Å². The molecular weight excluding hydrogens is 496 g/mol. The third-order valence-electron chi connectivity index (χ3n) is 7.45. The quantitative estimate of drug-likeness (QED) is 0.177. The zero-order valence-electron chi connectivity index (χ0n) is 23.2. The van der Waals surface area contributed by atoms with Crippen molar-refractivity contribution in [3.8, 4) is 33.4 Å². The molecule has 6 aromatic carbocycles. The molecule has 0 saturated heterocycles. The van der Waals surface area contributed by atoms with Gasteiger partial charge in [0, 0.05) is 30.2 Å². The lowest BCUT2D eigenvalue weighted by Crippen LogP contribution is -2.20. The fourth-order valence-electron chi connectivity index (χ4n) is 5.22. The number of hydrogen-bond donors (Lipinski definition) is 1. The molecule has 0 spiro atoms. The van der Waals surface area contributed by atoms with Crippen molar-refractivity contribution < 1.29 is 0 Å². The van der Waals surface area contributed by atoms with E-state index >= 15 is 0 Å². The number of hydrogen-bond acceptors (Lipinski definition) is 2. The van der Waals surface area contributed by atoms with Gasteiger partial charge in [0.2, 0.25) is 0 Å². The lowest BCUT2D eigenvalue weighted by atomic mass is 10.0. The molecule has 0 aliphatic heterocycles. The predicted octanol–water partition coefficient (Wildman–Crippen LogP) is 10.3. The van der Waals surface area contributed by atoms with Gasteiger partial charge in [0.1, 0.15) is 0 Å². The van der Waals surface area contributed by atoms with Crippen LogP contribution in [0.15, 0.2) is 164 Å². The van der Waals surface area contributed by atoms with Gasteiger partial charge in [0.15, 0.2) is 0 Å². The summed E-state index contributed by atoms with van der Waals surface area (Å²) in [5.74, 6) is 0. The van der Waals surface area contributed by atoms with Crippen LogP contribution in [0.25, 0.3) is 33.4 Å². The van der Waals surface area contributed by atoms with Crippen molar-refractivity contribution in [3.05, 3.63) is 164 Å². The highest BCUT2D eigenvalue weighted by Gasteiger charge is 2.11. The predicted molar refractivity (Wildman–Crippen MR) is 176 cm³/mol. The first-order chi connectivity index (χ1) is 20.3. The van der Waals surface area contributed by atoms with Crippen molar-refractivity contribution in [2.75, 3.05) is 23.3 Å². The molecule has 6 rings (SSSR count). The van der Waals surface area contributed by atoms with Crippen LogP contribution in [0.1, 0.15) is 6.42 Å². The maximum atomic E-state index is 3.62. The highest BCUT2D eigenvalue weighted by Crippen LogP contribution is 2.31. The van der Waals surface area contributed by atoms with Gasteiger partial charge in [-0.3, -0.25) is 0 Å². The average molecular weight is 531 g/mol. The number of nitrogens with zero attached hydrogens (tertiary/aromatic N) is 1. The molecule has 0 radical (unpaired) electrons. The minimum atomic E-state index is 0.894. The lowest BCUT2D eigenvalue weighted by Gasteiger charge is -2.26. The van der Waals surface area contributed by atoms with Gasteiger partial charge < -0.3 is 10.2 Å². The second-order valence-electron chi connectivity index (χ2n) is 10.2. The van der Waals surface area contributed by atoms with Crippen LogP contribution in [0, 0.1) is 0 Å². The number of benzene rings is 6. The van der Waals surface area contributed by atoms with Crippen LogP contribution in [0.5, 0.6) is 0 Å². The molecule has 0 saturated carbocycles. The molecule has 0 aliphatic rings. The van der Waals surface area contributed by atoms with E-state index in [0.29, 0.717) is 0 Å². The van der Waals surface area contributed by atoms with Gasteiger partial charge in [-0.25, -0.2) is 0 Å². The summed E-state index contributed by atoms with van der Waals surface area (Å²) < 4.78 is 0. The Morgan fingerprint density at radius 3 is 1.10 bits per heavy atom. The van der Waals surface area contributed by atoms with Gasteiger partial charge in [0.05, 0.1) is 0 Å². The highest BCUT2D eigenvalue weighted by molar-refractivity contribution is 5.72. The molecule has 0 unspecified atom stereocenters. The molecule has 200 valence electrons. The van der Waals surface area contributed by atoms with E-state index in [1.807, 2.05) is 0 Å². The molecule has 2 heteroatoms. The summed E-state index contributed by atoms with van der Waals surface area (Å²) in [5, 5.41) is 3.62. The molecule has 0 atom stereocenters. The Labute approximate surface area is 243 Å². The van der Waals surface area contributed by atoms with E-state index in [2.05, 4.69) is 174 Å². The van der Waals surface area contributed by atoms with Gasteiger partial charge in [-0.05, 0) is 76.2 Å². The Morgan fingerprint density at radius 2 is 0.707 bits per heavy atom. The fourth-order valence-corrected chi connectivity index (χ4v) is 5.22. The average Bonchev–Trinajstić information content (AvgIpc) is 3.07. The van der Waals surface area contributed by atoms with Crippen molar-refractivity contribution in [1.29, 1.82) is 0 Å². The smallest absolute Gasteiger partial charge is 0.0411 e. The topological polar surface area (TPSA) is 15.3 Å². The van der Waals surface area contributed by atoms with E-state index in [9.17, 15) is 0 Å². The first kappa shape index (κ1) is 26.2. The largest absolute Gasteiger partial charge is 0.385 e. The Hall–Kier alpha value is -5.08. The normalized spacial score (nSPS) is 10.7. The van der Waals surface area contributed by atoms with Crippen molar-refractivity contribution in [1.82, 2.24) is 0 Å². The fraction of sp³-hybridized carbons (Fsp3) is 0.0769. The number of rotatable bonds is 10. The van der Waals surface area contributed by atoms with E-state index in [4.69, 9.17) is 0 Å². The third kappa shape index (κ3) is 6.57. The Balaban J connectivity index is 1.16. The second-order valence-corrected chi connectivity index (χ2v) is 10.2. The van der Waals surface area contributed by atoms with Crippen LogP contribution in [-0.2, 0) is 0 Å². The summed E-state index contributed by atoms with van der Waals surface area (Å²) in [5.41, 5.74) is 11.0. The van der Waals surface area contributed by atoms with Crippen LogP contribution in [0.3, 0.4) is 0 Å². The maximum Gasteiger partial charge on any atom is 0.0411 e. The number of nitrogens with one attached hydrogen (secondary N) is 1. The van der Waals surface area contributed by atoms with Crippen molar-refractivity contribution in [3.63, 3.8) is 0 Å². The summed E-state index contributed by atoms with van der Waals surface area (Å²) in [7, 11) is 0. The first-order valence-corrected chi connectivity index (χ1v) is 14.3. The van der Waals surface area contributed by atoms with Crippen LogP contribution >= 0.6 is 0 Å². The summed E-state index contributed by atoms with van der Waals surface area (Å²) >= 11 is 0. The molecule has 0 fully saturated rings. The van der Waals surface area contributed by atoms with Crippen LogP contribution in [0.2, 0.25) is 0 Å². The molecule has 0 aliphatic carbocycles. The zero-order valence-corrected chi connectivity index (χ0v) is 23.2. The molecule has 41 heavy (non-hydrogen) atoms. The molecule has 0 amide bonds. The summed E-state index contributed by atoms with van der Waals surface area (Å²) in [6.45, 7) is 1.80. The molecule has 0 bridgehead atoms. The Morgan fingerprint density at radius 1 is 0.366 bits per heavy atom. The molecule has 2 nitrogen and oxygen atoms in total. The first-order valence-electron chi connectivity index (χ1n) is 14.3. The van der Waals surface area contributed by atoms with E-state index in [0.717, 1.165) is 25.2 Å². The lowest BCUT2D eigenvalue weighted by molar-refractivity contribution is 0.842. The molecular formula is C39H34N2. The standard InChI is InChI=1S/C39H34N2/c1-4-11-31(12-5-1)34-17-23-37(24-18-34)40-29-10-30-41(38-25-19-35(20-26-38)32-13-6-2-7-14-32)39-27-21-36(22-28-39)33-15-8-3-9-16-33/h1-9,11-28,40H,10,29-30H2. The summed E-state index contributed by atoms with van der Waals surface area (Å²) in [4.78, 5) is 2.42. The van der Waals surface area contributed by atoms with E-state index in [1.54, 1.807) is 0 Å². The van der Waals surface area contributed by atoms with Crippen molar-refractivity contribution >= 4 is 17.1 Å². The van der Waals surface area contributed by atoms with Gasteiger partial charge in [-0.15, -0.1) is 0 Å². The minimum absolute atomic E-state index is 0.894. The Bertz CT molecular complexity index is 1540. The summed E-state index contributed by atoms with van der Waals surface area (Å²) in [6.07, 6.45) is 1.00. The molecule has 1 N–H and O–H groups in total. The van der Waals surface area contributed by atoms with E-state index in [1.165, 1.54) is 44.8 Å². The zero-order chi connectivity index (χ0) is 27.7. The van der Waals surface area contributed by atoms with Crippen molar-refractivity contribution in [2.45, 2.75) is 6.42 Å². The van der Waals surface area contributed by atoms with Gasteiger partial charge in [0.25, 0.3) is 0 Å². The molecule has 0 aromatic heterocycles. The minimum Gasteiger partial charge on any atom is -0.385 e. The summed E-state index contributed by atoms with van der Waals surface area (Å²) in [6, 6.07) is 58.2. The monoisotopic (exact) mass is 530 g/mol. The van der Waals surface area contributed by atoms with E-state index in [-0.39, 0.29) is 0 Å². The van der Waals surface area contributed by atoms with Crippen LogP contribution in [-0.4, -0.2) is 13.1 Å². The molecule has 6 aromatic rings. The van der Waals surface area contributed by atoms with Gasteiger partial charge in [-0.1, -0.05) is 127 Å². The van der Waals surface area contributed by atoms with Crippen LogP contribution in [0.4, 0.5) is 17.1 Å². The second kappa shape index (κ2) is 12.8. The maximum absolute atomic E-state index is 3.62. The van der Waals surface area contributed by atoms with Gasteiger partial charge in [-0.2, -0.15) is 0 Å². The van der Waals surface area contributed by atoms with Crippen molar-refractivity contribution in [2.24, 2.45) is 0 Å². The highest BCUT2D eigenvalue weighted by atomic mass is 15.1. The Kier molecular flexibility index (Phi) is 8.20. The van der Waals surface area contributed by atoms with Crippen LogP contribution < -0.4 is 10.2 Å². The van der Waals surface area contributed by atoms with E-state index < -0.39 is 0 Å².